The number of aromatic nitrogens is 1. The Morgan fingerprint density at radius 3 is 2.30 bits per heavy atom. The van der Waals surface area contributed by atoms with E-state index in [9.17, 15) is 14.7 Å². The third-order valence-electron chi connectivity index (χ3n) is 6.08. The maximum Gasteiger partial charge on any atom is 0.408 e. The summed E-state index contributed by atoms with van der Waals surface area (Å²) in [5.74, 6) is -0.121. The van der Waals surface area contributed by atoms with Crippen LogP contribution in [0.5, 0.6) is 0 Å². The van der Waals surface area contributed by atoms with Crippen LogP contribution in [0.1, 0.15) is 32.0 Å². The van der Waals surface area contributed by atoms with Gasteiger partial charge < -0.3 is 14.6 Å². The fourth-order valence-electron chi connectivity index (χ4n) is 4.33. The van der Waals surface area contributed by atoms with Crippen LogP contribution < -0.4 is 4.80 Å². The van der Waals surface area contributed by atoms with Crippen LogP contribution in [0.2, 0.25) is 0 Å². The summed E-state index contributed by atoms with van der Waals surface area (Å²) in [6.07, 6.45) is -0.713. The maximum atomic E-state index is 13.6. The van der Waals surface area contributed by atoms with Crippen molar-refractivity contribution in [3.8, 4) is 0 Å². The first kappa shape index (κ1) is 25.0. The van der Waals surface area contributed by atoms with E-state index in [0.717, 1.165) is 30.0 Å². The van der Waals surface area contributed by atoms with Crippen molar-refractivity contribution in [3.05, 3.63) is 51.8 Å². The van der Waals surface area contributed by atoms with Gasteiger partial charge in [0.25, 0.3) is 0 Å². The predicted molar refractivity (Wildman–Crippen MR) is 130 cm³/mol. The van der Waals surface area contributed by atoms with Crippen molar-refractivity contribution in [3.63, 3.8) is 0 Å². The van der Waals surface area contributed by atoms with E-state index in [0.29, 0.717) is 19.5 Å². The second kappa shape index (κ2) is 10.5. The Kier molecular flexibility index (Phi) is 7.97. The molecular formula is C24H35N5O3S. The molecule has 0 unspecified atom stereocenters. The van der Waals surface area contributed by atoms with Gasteiger partial charge in [-0.05, 0) is 26.3 Å². The van der Waals surface area contributed by atoms with Gasteiger partial charge in [0.15, 0.2) is 4.80 Å². The third-order valence-corrected chi connectivity index (χ3v) is 7.13. The number of benzene rings is 1. The van der Waals surface area contributed by atoms with Crippen LogP contribution in [0, 0.1) is 0 Å². The molecule has 1 fully saturated rings. The lowest BCUT2D eigenvalue weighted by Gasteiger charge is -2.42. The highest BCUT2D eigenvalue weighted by Gasteiger charge is 2.40. The van der Waals surface area contributed by atoms with Crippen LogP contribution in [-0.4, -0.2) is 81.2 Å². The molecule has 2 amide bonds. The third kappa shape index (κ3) is 6.03. The molecule has 2 aromatic rings. The lowest BCUT2D eigenvalue weighted by molar-refractivity contribution is -0.140. The molecule has 1 aliphatic heterocycles. The number of nitrogens with zero attached hydrogens (tertiary/aromatic N) is 5. The highest BCUT2D eigenvalue weighted by molar-refractivity contribution is 7.07. The zero-order valence-corrected chi connectivity index (χ0v) is 21.0. The molecule has 0 spiro atoms. The van der Waals surface area contributed by atoms with Crippen molar-refractivity contribution in [1.82, 2.24) is 19.3 Å². The molecule has 1 saturated heterocycles. The number of carbonyl (C=O) groups is 2. The smallest absolute Gasteiger partial charge is 0.408 e. The van der Waals surface area contributed by atoms with Crippen molar-refractivity contribution in [2.45, 2.75) is 45.3 Å². The van der Waals surface area contributed by atoms with Crippen LogP contribution in [-0.2, 0) is 24.8 Å². The molecule has 1 N–H and O–H groups in total. The monoisotopic (exact) mass is 473 g/mol. The predicted octanol–water partition coefficient (Wildman–Crippen LogP) is 2.65. The summed E-state index contributed by atoms with van der Waals surface area (Å²) in [6, 6.07) is 8.87. The van der Waals surface area contributed by atoms with Gasteiger partial charge in [0.1, 0.15) is 6.04 Å². The molecule has 0 bridgehead atoms. The van der Waals surface area contributed by atoms with E-state index in [1.54, 1.807) is 18.4 Å². The highest BCUT2D eigenvalue weighted by Crippen LogP contribution is 2.23. The van der Waals surface area contributed by atoms with Crippen LogP contribution >= 0.6 is 11.3 Å². The van der Waals surface area contributed by atoms with Gasteiger partial charge in [0, 0.05) is 69.9 Å². The molecule has 0 saturated carbocycles. The zero-order valence-electron chi connectivity index (χ0n) is 20.2. The Balaban J connectivity index is 1.73. The van der Waals surface area contributed by atoms with Crippen molar-refractivity contribution in [2.24, 2.45) is 12.0 Å². The van der Waals surface area contributed by atoms with E-state index < -0.39 is 17.7 Å². The van der Waals surface area contributed by atoms with Gasteiger partial charge in [-0.25, -0.2) is 4.79 Å². The van der Waals surface area contributed by atoms with Gasteiger partial charge in [0.05, 0.1) is 0 Å². The van der Waals surface area contributed by atoms with Crippen molar-refractivity contribution in [2.75, 3.05) is 33.2 Å². The largest absolute Gasteiger partial charge is 0.465 e. The van der Waals surface area contributed by atoms with Crippen LogP contribution in [0.4, 0.5) is 4.79 Å². The average Bonchev–Trinajstić information content (AvgIpc) is 3.12. The minimum absolute atomic E-state index is 0.121. The van der Waals surface area contributed by atoms with Crippen molar-refractivity contribution >= 4 is 23.3 Å². The molecule has 9 heteroatoms. The lowest BCUT2D eigenvalue weighted by Crippen LogP contribution is -2.60. The van der Waals surface area contributed by atoms with Gasteiger partial charge in [-0.15, -0.1) is 11.3 Å². The summed E-state index contributed by atoms with van der Waals surface area (Å²) in [5.41, 5.74) is 1.46. The van der Waals surface area contributed by atoms with Gasteiger partial charge in [-0.3, -0.25) is 19.6 Å². The van der Waals surface area contributed by atoms with Crippen molar-refractivity contribution < 1.29 is 14.7 Å². The molecule has 180 valence electrons. The fraction of sp³-hybridized carbons (Fsp3) is 0.542. The minimum Gasteiger partial charge on any atom is -0.465 e. The van der Waals surface area contributed by atoms with E-state index in [4.69, 9.17) is 0 Å². The second-order valence-corrected chi connectivity index (χ2v) is 10.3. The number of thiazole rings is 1. The molecule has 1 aliphatic rings. The number of rotatable bonds is 6. The van der Waals surface area contributed by atoms with E-state index in [-0.39, 0.29) is 5.91 Å². The molecule has 33 heavy (non-hydrogen) atoms. The number of amides is 2. The Hall–Kier alpha value is -2.65. The molecule has 1 aromatic carbocycles. The molecule has 0 aliphatic carbocycles. The Morgan fingerprint density at radius 1 is 1.15 bits per heavy atom. The zero-order chi connectivity index (χ0) is 24.2. The molecule has 8 nitrogen and oxygen atoms in total. The average molecular weight is 474 g/mol. The summed E-state index contributed by atoms with van der Waals surface area (Å²) in [7, 11) is 3.82. The standard InChI is InChI=1S/C24H35N5O3S/c1-24(2,3)29(23(31)32)20(15-18-9-7-6-8-10-18)21(30)28-13-11-27(12-14-28)16-19-17-33-22(25-4)26(19)5/h6-10,17,20H,11-16H2,1-5H3,(H,31,32)/b25-22-/t20-/m1/s1. The normalized spacial score (nSPS) is 16.6. The summed E-state index contributed by atoms with van der Waals surface area (Å²) in [6.45, 7) is 8.98. The van der Waals surface area contributed by atoms with Gasteiger partial charge in [-0.2, -0.15) is 0 Å². The Labute approximate surface area is 199 Å². The van der Waals surface area contributed by atoms with E-state index in [2.05, 4.69) is 19.8 Å². The number of carboxylic acid groups (broad SMARTS) is 1. The molecule has 2 heterocycles. The molecular weight excluding hydrogens is 438 g/mol. The molecule has 0 radical (unpaired) electrons. The van der Waals surface area contributed by atoms with Gasteiger partial charge in [0.2, 0.25) is 5.91 Å². The van der Waals surface area contributed by atoms with Crippen LogP contribution in [0.25, 0.3) is 0 Å². The summed E-state index contributed by atoms with van der Waals surface area (Å²) >= 11 is 1.63. The number of hydrogen-bond donors (Lipinski definition) is 1. The Bertz CT molecular complexity index is 1020. The van der Waals surface area contributed by atoms with Gasteiger partial charge >= 0.3 is 6.09 Å². The second-order valence-electron chi connectivity index (χ2n) is 9.42. The first-order valence-corrected chi connectivity index (χ1v) is 12.1. The molecule has 1 aromatic heterocycles. The first-order valence-electron chi connectivity index (χ1n) is 11.3. The highest BCUT2D eigenvalue weighted by atomic mass is 32.1. The van der Waals surface area contributed by atoms with Gasteiger partial charge in [-0.1, -0.05) is 30.3 Å². The Morgan fingerprint density at radius 2 is 1.79 bits per heavy atom. The fourth-order valence-corrected chi connectivity index (χ4v) is 5.18. The maximum absolute atomic E-state index is 13.6. The topological polar surface area (TPSA) is 81.4 Å². The summed E-state index contributed by atoms with van der Waals surface area (Å²) in [4.78, 5) is 36.6. The number of hydrogen-bond acceptors (Lipinski definition) is 5. The van der Waals surface area contributed by atoms with Crippen LogP contribution in [0.15, 0.2) is 40.7 Å². The van der Waals surface area contributed by atoms with E-state index >= 15 is 0 Å². The van der Waals surface area contributed by atoms with Crippen molar-refractivity contribution in [1.29, 1.82) is 0 Å². The van der Waals surface area contributed by atoms with Crippen LogP contribution in [0.3, 0.4) is 0 Å². The lowest BCUT2D eigenvalue weighted by atomic mass is 9.97. The number of piperazine rings is 1. The summed E-state index contributed by atoms with van der Waals surface area (Å²) in [5, 5.41) is 12.1. The van der Waals surface area contributed by atoms with E-state index in [1.165, 1.54) is 10.6 Å². The first-order chi connectivity index (χ1) is 15.6. The number of carbonyl (C=O) groups excluding carboxylic acids is 1. The summed E-state index contributed by atoms with van der Waals surface area (Å²) < 4.78 is 2.10. The SMILES string of the molecule is C/N=c1\scc(CN2CCN(C(=O)[C@@H](Cc3ccccc3)N(C(=O)O)C(C)(C)C)CC2)n1C. The molecule has 1 atom stereocenters. The molecule has 3 rings (SSSR count). The quantitative estimate of drug-likeness (QED) is 0.699. The minimum atomic E-state index is -1.07. The van der Waals surface area contributed by atoms with E-state index in [1.807, 2.05) is 63.1 Å².